The maximum atomic E-state index is 12.0. The SMILES string of the molecule is Cl.N[C@H](CC1CC1)c1cccc(OC(F)F)c1. The number of hydrogen-bond acceptors (Lipinski definition) is 2. The molecule has 0 unspecified atom stereocenters. The zero-order valence-electron chi connectivity index (χ0n) is 9.31. The van der Waals surface area contributed by atoms with E-state index in [4.69, 9.17) is 5.73 Å². The van der Waals surface area contributed by atoms with E-state index in [0.29, 0.717) is 0 Å². The molecule has 2 N–H and O–H groups in total. The van der Waals surface area contributed by atoms with Crippen LogP contribution in [0.3, 0.4) is 0 Å². The summed E-state index contributed by atoms with van der Waals surface area (Å²) in [5, 5.41) is 0. The standard InChI is InChI=1S/C12H15F2NO.ClH/c13-12(14)16-10-3-1-2-9(7-10)11(15)6-8-4-5-8;/h1-3,7-8,11-12H,4-6,15H2;1H/t11-;/m1./s1. The smallest absolute Gasteiger partial charge is 0.387 e. The van der Waals surface area contributed by atoms with Crippen molar-refractivity contribution in [3.63, 3.8) is 0 Å². The summed E-state index contributed by atoms with van der Waals surface area (Å²) in [7, 11) is 0. The molecule has 1 saturated carbocycles. The van der Waals surface area contributed by atoms with Crippen LogP contribution in [0.4, 0.5) is 8.78 Å². The molecule has 1 aromatic rings. The molecule has 0 radical (unpaired) electrons. The molecule has 0 aromatic heterocycles. The van der Waals surface area contributed by atoms with Crippen molar-refractivity contribution in [3.8, 4) is 5.75 Å². The molecule has 0 amide bonds. The van der Waals surface area contributed by atoms with Gasteiger partial charge in [-0.15, -0.1) is 12.4 Å². The number of benzene rings is 1. The first-order valence-electron chi connectivity index (χ1n) is 5.45. The van der Waals surface area contributed by atoms with Gasteiger partial charge >= 0.3 is 6.61 Å². The minimum Gasteiger partial charge on any atom is -0.435 e. The second-order valence-corrected chi connectivity index (χ2v) is 4.24. The van der Waals surface area contributed by atoms with Crippen LogP contribution in [0.15, 0.2) is 24.3 Å². The van der Waals surface area contributed by atoms with Gasteiger partial charge in [0.1, 0.15) is 5.75 Å². The van der Waals surface area contributed by atoms with Gasteiger partial charge in [-0.05, 0) is 30.0 Å². The van der Waals surface area contributed by atoms with Crippen LogP contribution < -0.4 is 10.5 Å². The molecule has 1 aliphatic rings. The number of alkyl halides is 2. The van der Waals surface area contributed by atoms with E-state index in [9.17, 15) is 8.78 Å². The van der Waals surface area contributed by atoms with Gasteiger partial charge in [0, 0.05) is 6.04 Å². The van der Waals surface area contributed by atoms with Crippen LogP contribution in [-0.2, 0) is 0 Å². The third-order valence-electron chi connectivity index (χ3n) is 2.80. The molecule has 1 atom stereocenters. The summed E-state index contributed by atoms with van der Waals surface area (Å²) in [6, 6.07) is 6.58. The first kappa shape index (κ1) is 14.2. The van der Waals surface area contributed by atoms with E-state index >= 15 is 0 Å². The summed E-state index contributed by atoms with van der Waals surface area (Å²) in [6.45, 7) is -2.78. The highest BCUT2D eigenvalue weighted by atomic mass is 35.5. The quantitative estimate of drug-likeness (QED) is 0.882. The van der Waals surface area contributed by atoms with Crippen molar-refractivity contribution in [2.45, 2.75) is 31.9 Å². The first-order chi connectivity index (χ1) is 7.65. The molecule has 1 fully saturated rings. The Morgan fingerprint density at radius 1 is 1.35 bits per heavy atom. The lowest BCUT2D eigenvalue weighted by Gasteiger charge is -2.13. The van der Waals surface area contributed by atoms with Crippen LogP contribution in [-0.4, -0.2) is 6.61 Å². The van der Waals surface area contributed by atoms with E-state index in [1.807, 2.05) is 6.07 Å². The summed E-state index contributed by atoms with van der Waals surface area (Å²) in [5.74, 6) is 0.897. The van der Waals surface area contributed by atoms with Gasteiger partial charge in [-0.3, -0.25) is 0 Å². The normalized spacial score (nSPS) is 16.5. The molecule has 0 aliphatic heterocycles. The number of rotatable bonds is 5. The molecule has 0 bridgehead atoms. The Bertz CT molecular complexity index is 358. The number of halogens is 3. The molecule has 17 heavy (non-hydrogen) atoms. The predicted molar refractivity (Wildman–Crippen MR) is 64.6 cm³/mol. The molecule has 1 aliphatic carbocycles. The predicted octanol–water partition coefficient (Wildman–Crippen LogP) is 3.51. The maximum Gasteiger partial charge on any atom is 0.387 e. The van der Waals surface area contributed by atoms with Crippen molar-refractivity contribution in [2.75, 3.05) is 0 Å². The van der Waals surface area contributed by atoms with Gasteiger partial charge < -0.3 is 10.5 Å². The molecule has 0 saturated heterocycles. The van der Waals surface area contributed by atoms with Gasteiger partial charge in [-0.1, -0.05) is 25.0 Å². The zero-order valence-corrected chi connectivity index (χ0v) is 10.1. The Morgan fingerprint density at radius 2 is 2.06 bits per heavy atom. The number of hydrogen-bond donors (Lipinski definition) is 1. The lowest BCUT2D eigenvalue weighted by Crippen LogP contribution is -2.11. The van der Waals surface area contributed by atoms with Crippen LogP contribution in [0.25, 0.3) is 0 Å². The molecular weight excluding hydrogens is 248 g/mol. The molecule has 0 heterocycles. The average molecular weight is 264 g/mol. The van der Waals surface area contributed by atoms with Gasteiger partial charge in [0.05, 0.1) is 0 Å². The monoisotopic (exact) mass is 263 g/mol. The summed E-state index contributed by atoms with van der Waals surface area (Å²) < 4.78 is 28.4. The number of nitrogens with two attached hydrogens (primary N) is 1. The topological polar surface area (TPSA) is 35.2 Å². The van der Waals surface area contributed by atoms with Crippen molar-refractivity contribution < 1.29 is 13.5 Å². The lowest BCUT2D eigenvalue weighted by atomic mass is 10.0. The second-order valence-electron chi connectivity index (χ2n) is 4.24. The van der Waals surface area contributed by atoms with E-state index in [2.05, 4.69) is 4.74 Å². The average Bonchev–Trinajstić information content (AvgIpc) is 3.01. The van der Waals surface area contributed by atoms with Gasteiger partial charge in [-0.2, -0.15) is 8.78 Å². The summed E-state index contributed by atoms with van der Waals surface area (Å²) >= 11 is 0. The lowest BCUT2D eigenvalue weighted by molar-refractivity contribution is -0.0499. The zero-order chi connectivity index (χ0) is 11.5. The van der Waals surface area contributed by atoms with E-state index in [1.165, 1.54) is 18.9 Å². The van der Waals surface area contributed by atoms with Gasteiger partial charge in [0.15, 0.2) is 0 Å². The Labute approximate surface area is 106 Å². The van der Waals surface area contributed by atoms with Gasteiger partial charge in [-0.25, -0.2) is 0 Å². The molecule has 2 nitrogen and oxygen atoms in total. The van der Waals surface area contributed by atoms with E-state index in [1.54, 1.807) is 12.1 Å². The third-order valence-corrected chi connectivity index (χ3v) is 2.80. The molecule has 0 spiro atoms. The van der Waals surface area contributed by atoms with E-state index in [0.717, 1.165) is 17.9 Å². The van der Waals surface area contributed by atoms with E-state index < -0.39 is 6.61 Å². The summed E-state index contributed by atoms with van der Waals surface area (Å²) in [4.78, 5) is 0. The first-order valence-corrected chi connectivity index (χ1v) is 5.45. The Balaban J connectivity index is 0.00000144. The fourth-order valence-corrected chi connectivity index (χ4v) is 1.77. The van der Waals surface area contributed by atoms with Crippen molar-refractivity contribution in [1.82, 2.24) is 0 Å². The molecule has 5 heteroatoms. The second kappa shape index (κ2) is 6.17. The molecule has 2 rings (SSSR count). The minimum absolute atomic E-state index is 0. The van der Waals surface area contributed by atoms with Crippen LogP contribution in [0.5, 0.6) is 5.75 Å². The van der Waals surface area contributed by atoms with Crippen molar-refractivity contribution >= 4 is 12.4 Å². The van der Waals surface area contributed by atoms with Crippen LogP contribution in [0, 0.1) is 5.92 Å². The van der Waals surface area contributed by atoms with Crippen molar-refractivity contribution in [2.24, 2.45) is 11.7 Å². The largest absolute Gasteiger partial charge is 0.435 e. The van der Waals surface area contributed by atoms with E-state index in [-0.39, 0.29) is 24.2 Å². The highest BCUT2D eigenvalue weighted by Crippen LogP contribution is 2.37. The third kappa shape index (κ3) is 4.48. The minimum atomic E-state index is -2.78. The maximum absolute atomic E-state index is 12.0. The van der Waals surface area contributed by atoms with Crippen LogP contribution >= 0.6 is 12.4 Å². The van der Waals surface area contributed by atoms with Gasteiger partial charge in [0.2, 0.25) is 0 Å². The molecule has 1 aromatic carbocycles. The summed E-state index contributed by atoms with van der Waals surface area (Å²) in [5.41, 5.74) is 6.86. The number of ether oxygens (including phenoxy) is 1. The highest BCUT2D eigenvalue weighted by molar-refractivity contribution is 5.85. The molecule has 96 valence electrons. The Hall–Kier alpha value is -0.870. The fraction of sp³-hybridized carbons (Fsp3) is 0.500. The highest BCUT2D eigenvalue weighted by Gasteiger charge is 2.24. The Morgan fingerprint density at radius 3 is 2.65 bits per heavy atom. The van der Waals surface area contributed by atoms with Gasteiger partial charge in [0.25, 0.3) is 0 Å². The van der Waals surface area contributed by atoms with Crippen LogP contribution in [0.1, 0.15) is 30.9 Å². The Kier molecular flexibility index (Phi) is 5.15. The molecular formula is C12H16ClF2NO. The van der Waals surface area contributed by atoms with Crippen molar-refractivity contribution in [3.05, 3.63) is 29.8 Å². The fourth-order valence-electron chi connectivity index (χ4n) is 1.77. The summed E-state index contributed by atoms with van der Waals surface area (Å²) in [6.07, 6.45) is 3.40. The van der Waals surface area contributed by atoms with Crippen LogP contribution in [0.2, 0.25) is 0 Å². The van der Waals surface area contributed by atoms with Crippen molar-refractivity contribution in [1.29, 1.82) is 0 Å².